The van der Waals surface area contributed by atoms with Crippen molar-refractivity contribution < 1.29 is 14.1 Å². The van der Waals surface area contributed by atoms with Gasteiger partial charge in [-0.2, -0.15) is 10.1 Å². The molecule has 0 spiro atoms. The van der Waals surface area contributed by atoms with Gasteiger partial charge in [0.15, 0.2) is 0 Å². The van der Waals surface area contributed by atoms with Crippen molar-refractivity contribution in [1.29, 1.82) is 0 Å². The number of carbonyl (C=O) groups is 1. The van der Waals surface area contributed by atoms with E-state index in [0.717, 1.165) is 29.3 Å². The highest BCUT2D eigenvalue weighted by atomic mass is 16.6. The van der Waals surface area contributed by atoms with Crippen LogP contribution >= 0.6 is 0 Å². The normalized spacial score (nSPS) is 18.3. The molecule has 0 atom stereocenters. The first-order valence-corrected chi connectivity index (χ1v) is 10.5. The number of amides is 1. The van der Waals surface area contributed by atoms with Crippen molar-refractivity contribution in [2.45, 2.75) is 45.3 Å². The Kier molecular flexibility index (Phi) is 4.41. The molecule has 1 aromatic carbocycles. The molecule has 0 bridgehead atoms. The number of piperazine rings is 1. The van der Waals surface area contributed by atoms with Gasteiger partial charge in [-0.3, -0.25) is 4.68 Å². The van der Waals surface area contributed by atoms with E-state index in [1.165, 1.54) is 0 Å². The molecule has 1 saturated carbocycles. The molecular weight excluding hydrogens is 384 g/mol. The maximum absolute atomic E-state index is 12.3. The van der Waals surface area contributed by atoms with Gasteiger partial charge in [0.1, 0.15) is 5.60 Å². The number of nitrogens with zero attached hydrogens (tertiary/aromatic N) is 6. The number of rotatable bonds is 4. The quantitative estimate of drug-likeness (QED) is 0.650. The summed E-state index contributed by atoms with van der Waals surface area (Å²) in [5.74, 6) is 0.548. The molecule has 9 heteroatoms. The molecule has 3 aromatic rings. The summed E-state index contributed by atoms with van der Waals surface area (Å²) in [6, 6.07) is 6.80. The van der Waals surface area contributed by atoms with E-state index in [4.69, 9.17) is 9.26 Å². The minimum absolute atomic E-state index is 0.226. The van der Waals surface area contributed by atoms with Crippen molar-refractivity contribution >= 4 is 23.0 Å². The van der Waals surface area contributed by atoms with Crippen LogP contribution in [0.3, 0.4) is 0 Å². The number of hydrogen-bond donors (Lipinski definition) is 0. The number of aromatic nitrogens is 4. The molecule has 0 radical (unpaired) electrons. The second-order valence-electron chi connectivity index (χ2n) is 8.65. The van der Waals surface area contributed by atoms with Crippen molar-refractivity contribution in [2.24, 2.45) is 0 Å². The van der Waals surface area contributed by atoms with Gasteiger partial charge < -0.3 is 19.1 Å². The van der Waals surface area contributed by atoms with Crippen LogP contribution in [0.2, 0.25) is 0 Å². The molecule has 1 saturated heterocycles. The SMILES string of the molecule is CC(C)n1ncc2ccc(-c3noc(N4CCN(C(=O)OC5(C)CC5)CC4)n3)cc21. The summed E-state index contributed by atoms with van der Waals surface area (Å²) < 4.78 is 13.1. The van der Waals surface area contributed by atoms with E-state index in [2.05, 4.69) is 29.1 Å². The molecule has 1 aliphatic carbocycles. The third-order valence-electron chi connectivity index (χ3n) is 5.86. The van der Waals surface area contributed by atoms with E-state index in [1.807, 2.05) is 40.9 Å². The Morgan fingerprint density at radius 3 is 2.67 bits per heavy atom. The Morgan fingerprint density at radius 2 is 1.97 bits per heavy atom. The van der Waals surface area contributed by atoms with Crippen LogP contribution in [-0.4, -0.2) is 62.7 Å². The topological polar surface area (TPSA) is 89.5 Å². The molecule has 1 amide bonds. The van der Waals surface area contributed by atoms with E-state index in [9.17, 15) is 4.79 Å². The Morgan fingerprint density at radius 1 is 1.20 bits per heavy atom. The van der Waals surface area contributed by atoms with Crippen LogP contribution in [0.25, 0.3) is 22.3 Å². The first-order valence-electron chi connectivity index (χ1n) is 10.5. The molecule has 3 heterocycles. The Hall–Kier alpha value is -3.10. The predicted octanol–water partition coefficient (Wildman–Crippen LogP) is 3.48. The van der Waals surface area contributed by atoms with Gasteiger partial charge in [-0.05, 0) is 39.7 Å². The molecule has 2 aromatic heterocycles. The van der Waals surface area contributed by atoms with Crippen LogP contribution in [-0.2, 0) is 4.74 Å². The van der Waals surface area contributed by atoms with Gasteiger partial charge >= 0.3 is 12.1 Å². The van der Waals surface area contributed by atoms with E-state index >= 15 is 0 Å². The van der Waals surface area contributed by atoms with Crippen molar-refractivity contribution in [2.75, 3.05) is 31.1 Å². The fraction of sp³-hybridized carbons (Fsp3) is 0.524. The maximum atomic E-state index is 12.3. The summed E-state index contributed by atoms with van der Waals surface area (Å²) in [6.07, 6.45) is 3.55. The lowest BCUT2D eigenvalue weighted by molar-refractivity contribution is 0.0568. The van der Waals surface area contributed by atoms with E-state index in [-0.39, 0.29) is 17.7 Å². The van der Waals surface area contributed by atoms with Gasteiger partial charge in [-0.25, -0.2) is 4.79 Å². The number of fused-ring (bicyclic) bond motifs is 1. The van der Waals surface area contributed by atoms with Crippen LogP contribution < -0.4 is 4.90 Å². The smallest absolute Gasteiger partial charge is 0.410 e. The molecule has 30 heavy (non-hydrogen) atoms. The third kappa shape index (κ3) is 3.48. The average Bonchev–Trinajstić information content (AvgIpc) is 3.14. The Labute approximate surface area is 174 Å². The second kappa shape index (κ2) is 7.00. The van der Waals surface area contributed by atoms with Crippen LogP contribution in [0.15, 0.2) is 28.9 Å². The lowest BCUT2D eigenvalue weighted by Gasteiger charge is -2.33. The summed E-state index contributed by atoms with van der Waals surface area (Å²) in [5, 5.41) is 9.72. The molecule has 0 unspecified atom stereocenters. The van der Waals surface area contributed by atoms with Gasteiger partial charge in [0.2, 0.25) is 5.82 Å². The zero-order chi connectivity index (χ0) is 20.9. The minimum Gasteiger partial charge on any atom is -0.443 e. The van der Waals surface area contributed by atoms with Gasteiger partial charge in [0, 0.05) is 43.2 Å². The molecule has 2 aliphatic rings. The van der Waals surface area contributed by atoms with Gasteiger partial charge in [0.25, 0.3) is 0 Å². The highest BCUT2D eigenvalue weighted by Gasteiger charge is 2.43. The predicted molar refractivity (Wildman–Crippen MR) is 111 cm³/mol. The molecule has 1 aliphatic heterocycles. The first kappa shape index (κ1) is 18.9. The maximum Gasteiger partial charge on any atom is 0.410 e. The minimum atomic E-state index is -0.248. The van der Waals surface area contributed by atoms with E-state index in [1.54, 1.807) is 4.90 Å². The molecule has 2 fully saturated rings. The largest absolute Gasteiger partial charge is 0.443 e. The van der Waals surface area contributed by atoms with Crippen LogP contribution in [0.4, 0.5) is 10.8 Å². The van der Waals surface area contributed by atoms with Gasteiger partial charge in [0.05, 0.1) is 11.7 Å². The van der Waals surface area contributed by atoms with Gasteiger partial charge in [-0.1, -0.05) is 17.3 Å². The molecule has 158 valence electrons. The summed E-state index contributed by atoms with van der Waals surface area (Å²) in [7, 11) is 0. The van der Waals surface area contributed by atoms with Crippen LogP contribution in [0, 0.1) is 0 Å². The molecular formula is C21H26N6O3. The van der Waals surface area contributed by atoms with Crippen LogP contribution in [0.5, 0.6) is 0 Å². The van der Waals surface area contributed by atoms with Crippen molar-refractivity contribution in [3.05, 3.63) is 24.4 Å². The summed E-state index contributed by atoms with van der Waals surface area (Å²) in [6.45, 7) is 8.60. The summed E-state index contributed by atoms with van der Waals surface area (Å²) in [4.78, 5) is 20.6. The Balaban J connectivity index is 1.27. The number of anilines is 1. The molecule has 0 N–H and O–H groups in total. The zero-order valence-corrected chi connectivity index (χ0v) is 17.5. The number of carbonyl (C=O) groups excluding carboxylic acids is 1. The van der Waals surface area contributed by atoms with Crippen molar-refractivity contribution in [1.82, 2.24) is 24.8 Å². The Bertz CT molecular complexity index is 1080. The van der Waals surface area contributed by atoms with Crippen LogP contribution in [0.1, 0.15) is 39.7 Å². The highest BCUT2D eigenvalue weighted by Crippen LogP contribution is 2.39. The number of benzene rings is 1. The fourth-order valence-corrected chi connectivity index (χ4v) is 3.68. The average molecular weight is 410 g/mol. The fourth-order valence-electron chi connectivity index (χ4n) is 3.68. The van der Waals surface area contributed by atoms with Crippen molar-refractivity contribution in [3.8, 4) is 11.4 Å². The molecule has 5 rings (SSSR count). The zero-order valence-electron chi connectivity index (χ0n) is 17.5. The summed E-state index contributed by atoms with van der Waals surface area (Å²) in [5.41, 5.74) is 1.69. The number of ether oxygens (including phenoxy) is 1. The number of hydrogen-bond acceptors (Lipinski definition) is 7. The standard InChI is InChI=1S/C21H26N6O3/c1-14(2)27-17-12-15(4-5-16(17)13-22-27)18-23-19(30-24-18)25-8-10-26(11-9-25)20(28)29-21(3)6-7-21/h4-5,12-14H,6-11H2,1-3H3. The third-order valence-corrected chi connectivity index (χ3v) is 5.86. The lowest BCUT2D eigenvalue weighted by atomic mass is 10.1. The van der Waals surface area contributed by atoms with Gasteiger partial charge in [-0.15, -0.1) is 0 Å². The van der Waals surface area contributed by atoms with Crippen molar-refractivity contribution in [3.63, 3.8) is 0 Å². The molecule has 9 nitrogen and oxygen atoms in total. The highest BCUT2D eigenvalue weighted by molar-refractivity contribution is 5.83. The summed E-state index contributed by atoms with van der Waals surface area (Å²) >= 11 is 0. The monoisotopic (exact) mass is 410 g/mol. The van der Waals surface area contributed by atoms with E-state index < -0.39 is 0 Å². The second-order valence-corrected chi connectivity index (χ2v) is 8.65. The lowest BCUT2D eigenvalue weighted by Crippen LogP contribution is -2.49. The van der Waals surface area contributed by atoms with E-state index in [0.29, 0.717) is 38.0 Å². The first-order chi connectivity index (χ1) is 14.4.